The molecule has 48 heavy (non-hydrogen) atoms. The van der Waals surface area contributed by atoms with Crippen LogP contribution in [0.5, 0.6) is 0 Å². The zero-order chi connectivity index (χ0) is 31.6. The molecule has 2 nitrogen and oxygen atoms in total. The molecule has 0 aliphatic carbocycles. The number of hydrogen-bond donors (Lipinski definition) is 0. The molecule has 0 fully saturated rings. The van der Waals surface area contributed by atoms with E-state index in [0.29, 0.717) is 0 Å². The Morgan fingerprint density at radius 2 is 0.812 bits per heavy atom. The van der Waals surface area contributed by atoms with E-state index in [-0.39, 0.29) is 0 Å². The van der Waals surface area contributed by atoms with Gasteiger partial charge in [0.2, 0.25) is 0 Å². The van der Waals surface area contributed by atoms with E-state index >= 15 is 0 Å². The Morgan fingerprint density at radius 1 is 0.292 bits per heavy atom. The van der Waals surface area contributed by atoms with E-state index < -0.39 is 0 Å². The number of anilines is 3. The van der Waals surface area contributed by atoms with Crippen molar-refractivity contribution < 1.29 is 4.42 Å². The summed E-state index contributed by atoms with van der Waals surface area (Å²) in [6.45, 7) is 0. The smallest absolute Gasteiger partial charge is 0.135 e. The van der Waals surface area contributed by atoms with Gasteiger partial charge in [0.25, 0.3) is 0 Å². The predicted molar refractivity (Wildman–Crippen MR) is 204 cm³/mol. The van der Waals surface area contributed by atoms with Gasteiger partial charge in [-0.05, 0) is 109 Å². The maximum absolute atomic E-state index is 6.10. The number of fused-ring (bicyclic) bond motifs is 9. The van der Waals surface area contributed by atoms with Crippen molar-refractivity contribution >= 4 is 82.1 Å². The number of furan rings is 1. The van der Waals surface area contributed by atoms with Gasteiger partial charge in [-0.3, -0.25) is 0 Å². The molecule has 0 radical (unpaired) electrons. The van der Waals surface area contributed by atoms with Crippen molar-refractivity contribution in [2.24, 2.45) is 0 Å². The van der Waals surface area contributed by atoms with E-state index in [1.54, 1.807) is 0 Å². The fourth-order valence-corrected chi connectivity index (χ4v) is 7.42. The third kappa shape index (κ3) is 4.27. The highest BCUT2D eigenvalue weighted by molar-refractivity contribution is 6.11. The number of para-hydroxylation sites is 1. The van der Waals surface area contributed by atoms with Crippen LogP contribution in [-0.4, -0.2) is 0 Å². The van der Waals surface area contributed by atoms with E-state index in [4.69, 9.17) is 4.42 Å². The van der Waals surface area contributed by atoms with Gasteiger partial charge in [0.1, 0.15) is 11.2 Å². The molecule has 0 spiro atoms. The maximum atomic E-state index is 6.10. The molecule has 0 atom stereocenters. The van der Waals surface area contributed by atoms with Crippen LogP contribution in [0.4, 0.5) is 17.1 Å². The molecule has 0 bridgehead atoms. The lowest BCUT2D eigenvalue weighted by Crippen LogP contribution is -2.10. The second-order valence-electron chi connectivity index (χ2n) is 12.6. The molecule has 0 unspecified atom stereocenters. The fourth-order valence-electron chi connectivity index (χ4n) is 7.42. The largest absolute Gasteiger partial charge is 0.456 e. The van der Waals surface area contributed by atoms with Crippen LogP contribution in [0, 0.1) is 0 Å². The first-order chi connectivity index (χ1) is 23.8. The average molecular weight is 612 g/mol. The van der Waals surface area contributed by atoms with Gasteiger partial charge in [0.05, 0.1) is 0 Å². The topological polar surface area (TPSA) is 16.4 Å². The van der Waals surface area contributed by atoms with Gasteiger partial charge in [0.15, 0.2) is 0 Å². The zero-order valence-electron chi connectivity index (χ0n) is 26.1. The first-order valence-electron chi connectivity index (χ1n) is 16.4. The molecule has 0 aliphatic heterocycles. The Bertz CT molecular complexity index is 2840. The molecule has 1 heterocycles. The first kappa shape index (κ1) is 26.8. The maximum Gasteiger partial charge on any atom is 0.135 e. The van der Waals surface area contributed by atoms with E-state index in [1.165, 1.54) is 54.2 Å². The van der Waals surface area contributed by atoms with Crippen molar-refractivity contribution in [3.05, 3.63) is 176 Å². The van der Waals surface area contributed by atoms with Gasteiger partial charge in [-0.2, -0.15) is 0 Å². The van der Waals surface area contributed by atoms with Gasteiger partial charge >= 0.3 is 0 Å². The van der Waals surface area contributed by atoms with Gasteiger partial charge in [-0.1, -0.05) is 121 Å². The highest BCUT2D eigenvalue weighted by Gasteiger charge is 2.16. The second kappa shape index (κ2) is 10.6. The Morgan fingerprint density at radius 3 is 1.60 bits per heavy atom. The number of hydrogen-bond acceptors (Lipinski definition) is 2. The average Bonchev–Trinajstić information content (AvgIpc) is 3.53. The highest BCUT2D eigenvalue weighted by Crippen LogP contribution is 2.41. The Balaban J connectivity index is 1.13. The lowest BCUT2D eigenvalue weighted by atomic mass is 9.99. The van der Waals surface area contributed by atoms with Gasteiger partial charge in [-0.15, -0.1) is 0 Å². The number of nitrogens with zero attached hydrogens (tertiary/aromatic N) is 1. The molecule has 2 heteroatoms. The second-order valence-corrected chi connectivity index (χ2v) is 12.6. The summed E-state index contributed by atoms with van der Waals surface area (Å²) in [5.41, 5.74) is 7.52. The van der Waals surface area contributed by atoms with Crippen molar-refractivity contribution in [1.82, 2.24) is 0 Å². The van der Waals surface area contributed by atoms with Crippen molar-refractivity contribution in [2.75, 3.05) is 4.90 Å². The summed E-state index contributed by atoms with van der Waals surface area (Å²) in [5, 5.41) is 12.3. The third-order valence-corrected chi connectivity index (χ3v) is 9.81. The number of benzene rings is 9. The lowest BCUT2D eigenvalue weighted by molar-refractivity contribution is 0.669. The van der Waals surface area contributed by atoms with Gasteiger partial charge < -0.3 is 9.32 Å². The molecule has 0 amide bonds. The lowest BCUT2D eigenvalue weighted by Gasteiger charge is -2.27. The van der Waals surface area contributed by atoms with Crippen LogP contribution in [0.15, 0.2) is 180 Å². The summed E-state index contributed by atoms with van der Waals surface area (Å²) in [4.78, 5) is 2.38. The van der Waals surface area contributed by atoms with Crippen LogP contribution in [0.3, 0.4) is 0 Å². The minimum Gasteiger partial charge on any atom is -0.456 e. The van der Waals surface area contributed by atoms with Crippen LogP contribution in [0.1, 0.15) is 0 Å². The molecule has 0 aliphatic rings. The molecular formula is C46H29NO. The third-order valence-electron chi connectivity index (χ3n) is 9.81. The van der Waals surface area contributed by atoms with Crippen LogP contribution >= 0.6 is 0 Å². The van der Waals surface area contributed by atoms with Gasteiger partial charge in [0, 0.05) is 27.8 Å². The zero-order valence-corrected chi connectivity index (χ0v) is 26.1. The molecule has 10 rings (SSSR count). The van der Waals surface area contributed by atoms with E-state index in [2.05, 4.69) is 169 Å². The van der Waals surface area contributed by atoms with Crippen molar-refractivity contribution in [3.8, 4) is 11.1 Å². The van der Waals surface area contributed by atoms with E-state index in [9.17, 15) is 0 Å². The quantitative estimate of drug-likeness (QED) is 0.184. The van der Waals surface area contributed by atoms with Crippen molar-refractivity contribution in [1.29, 1.82) is 0 Å². The van der Waals surface area contributed by atoms with E-state index in [1.807, 2.05) is 12.1 Å². The van der Waals surface area contributed by atoms with Crippen molar-refractivity contribution in [2.45, 2.75) is 0 Å². The molecule has 224 valence electrons. The minimum atomic E-state index is 0.913. The molecular weight excluding hydrogens is 583 g/mol. The monoisotopic (exact) mass is 611 g/mol. The molecule has 9 aromatic carbocycles. The molecule has 0 saturated carbocycles. The standard InChI is InChI=1S/C46H29NO/c1-3-9-39-31(7-1)15-16-35-27-37(24-25-41(35)39)47(38-23-19-33-14-13-32-8-2-4-10-40(32)43(33)29-38)36-21-17-30(18-22-36)34-20-26-46-44(28-34)42-11-5-6-12-45(42)48-46/h1-29H. The Hall–Kier alpha value is -6.38. The van der Waals surface area contributed by atoms with Crippen LogP contribution in [0.25, 0.3) is 76.2 Å². The van der Waals surface area contributed by atoms with Crippen molar-refractivity contribution in [3.63, 3.8) is 0 Å². The fraction of sp³-hybridized carbons (Fsp3) is 0. The summed E-state index contributed by atoms with van der Waals surface area (Å²) in [6.07, 6.45) is 0. The van der Waals surface area contributed by atoms with Gasteiger partial charge in [-0.25, -0.2) is 0 Å². The summed E-state index contributed by atoms with van der Waals surface area (Å²) in [7, 11) is 0. The minimum absolute atomic E-state index is 0.913. The van der Waals surface area contributed by atoms with Crippen LogP contribution < -0.4 is 4.90 Å². The summed E-state index contributed by atoms with van der Waals surface area (Å²) in [5.74, 6) is 0. The SMILES string of the molecule is c1ccc2c(c1)ccc1cc(N(c3ccc(-c4ccc5oc6ccccc6c5c4)cc3)c3ccc4ccc5ccccc5c4c3)ccc12. The Kier molecular flexibility index (Phi) is 5.91. The molecule has 1 aromatic heterocycles. The molecule has 0 saturated heterocycles. The Labute approximate surface area is 277 Å². The summed E-state index contributed by atoms with van der Waals surface area (Å²) in [6, 6.07) is 63.5. The highest BCUT2D eigenvalue weighted by atomic mass is 16.3. The van der Waals surface area contributed by atoms with Crippen LogP contribution in [-0.2, 0) is 0 Å². The van der Waals surface area contributed by atoms with E-state index in [0.717, 1.165) is 39.0 Å². The summed E-state index contributed by atoms with van der Waals surface area (Å²) >= 11 is 0. The molecule has 0 N–H and O–H groups in total. The van der Waals surface area contributed by atoms with Crippen LogP contribution in [0.2, 0.25) is 0 Å². The molecule has 10 aromatic rings. The first-order valence-corrected chi connectivity index (χ1v) is 16.4. The normalized spacial score (nSPS) is 11.8. The summed E-state index contributed by atoms with van der Waals surface area (Å²) < 4.78 is 6.10. The number of rotatable bonds is 4. The predicted octanol–water partition coefficient (Wildman–Crippen LogP) is 13.3.